The van der Waals surface area contributed by atoms with E-state index in [2.05, 4.69) is 90.4 Å². The predicted octanol–water partition coefficient (Wildman–Crippen LogP) is 7.25. The van der Waals surface area contributed by atoms with Gasteiger partial charge in [-0.3, -0.25) is 0 Å². The van der Waals surface area contributed by atoms with Crippen LogP contribution in [-0.2, 0) is 5.41 Å². The molecular weight excluding hydrogens is 528 g/mol. The molecular formula is C26H18Br2N4. The number of allylic oxidation sites excluding steroid dienone is 4. The molecule has 6 rings (SSSR count). The number of H-pyrrole nitrogens is 2. The summed E-state index contributed by atoms with van der Waals surface area (Å²) in [5.74, 6) is 1.74. The Kier molecular flexibility index (Phi) is 4.66. The average Bonchev–Trinajstić information content (AvgIpc) is 3.44. The van der Waals surface area contributed by atoms with Crippen molar-refractivity contribution < 1.29 is 0 Å². The number of rotatable bonds is 3. The summed E-state index contributed by atoms with van der Waals surface area (Å²) < 4.78 is 2.15. The molecule has 0 fully saturated rings. The Bertz CT molecular complexity index is 1380. The molecule has 0 saturated heterocycles. The van der Waals surface area contributed by atoms with Crippen LogP contribution in [0.4, 0.5) is 0 Å². The third kappa shape index (κ3) is 3.09. The number of para-hydroxylation sites is 4. The first kappa shape index (κ1) is 19.7. The normalized spacial score (nSPS) is 15.7. The maximum Gasteiger partial charge on any atom is 0.126 e. The molecule has 0 atom stereocenters. The van der Waals surface area contributed by atoms with Gasteiger partial charge in [-0.15, -0.1) is 0 Å². The van der Waals surface area contributed by atoms with Crippen molar-refractivity contribution in [3.05, 3.63) is 111 Å². The van der Waals surface area contributed by atoms with Gasteiger partial charge in [0.25, 0.3) is 0 Å². The van der Waals surface area contributed by atoms with Crippen molar-refractivity contribution in [2.24, 2.45) is 0 Å². The minimum absolute atomic E-state index is 0.612. The number of hydrogen-bond donors (Lipinski definition) is 2. The number of halogens is 2. The largest absolute Gasteiger partial charge is 0.341 e. The van der Waals surface area contributed by atoms with E-state index in [0.29, 0.717) is 6.42 Å². The number of imidazole rings is 2. The Labute approximate surface area is 201 Å². The van der Waals surface area contributed by atoms with Gasteiger partial charge in [0.1, 0.15) is 17.1 Å². The van der Waals surface area contributed by atoms with Gasteiger partial charge in [-0.25, -0.2) is 9.97 Å². The van der Waals surface area contributed by atoms with E-state index >= 15 is 0 Å². The molecule has 0 saturated carbocycles. The Morgan fingerprint density at radius 2 is 1.25 bits per heavy atom. The summed E-state index contributed by atoms with van der Waals surface area (Å²) in [6.07, 6.45) is 5.01. The third-order valence-electron chi connectivity index (χ3n) is 6.07. The zero-order valence-corrected chi connectivity index (χ0v) is 20.1. The van der Waals surface area contributed by atoms with Crippen molar-refractivity contribution in [2.45, 2.75) is 11.8 Å². The van der Waals surface area contributed by atoms with Crippen LogP contribution in [0.25, 0.3) is 27.6 Å². The van der Waals surface area contributed by atoms with Crippen LogP contribution in [0.15, 0.2) is 93.9 Å². The highest BCUT2D eigenvalue weighted by molar-refractivity contribution is 9.11. The van der Waals surface area contributed by atoms with E-state index < -0.39 is 5.41 Å². The molecule has 1 aliphatic carbocycles. The van der Waals surface area contributed by atoms with E-state index in [-0.39, 0.29) is 0 Å². The predicted molar refractivity (Wildman–Crippen MR) is 137 cm³/mol. The molecule has 4 nitrogen and oxygen atoms in total. The molecule has 0 spiro atoms. The third-order valence-corrected chi connectivity index (χ3v) is 7.14. The van der Waals surface area contributed by atoms with Gasteiger partial charge in [0, 0.05) is 10.9 Å². The number of benzene rings is 3. The lowest BCUT2D eigenvalue weighted by atomic mass is 9.70. The first-order valence-electron chi connectivity index (χ1n) is 10.4. The zero-order chi connectivity index (χ0) is 21.7. The average molecular weight is 546 g/mol. The van der Waals surface area contributed by atoms with Gasteiger partial charge in [-0.2, -0.15) is 0 Å². The highest BCUT2D eigenvalue weighted by Crippen LogP contribution is 2.50. The van der Waals surface area contributed by atoms with Crippen LogP contribution in [0.5, 0.6) is 0 Å². The lowest BCUT2D eigenvalue weighted by Crippen LogP contribution is -2.34. The van der Waals surface area contributed by atoms with Crippen molar-refractivity contribution in [1.82, 2.24) is 19.9 Å². The lowest BCUT2D eigenvalue weighted by Gasteiger charge is -2.35. The summed E-state index contributed by atoms with van der Waals surface area (Å²) in [5, 5.41) is 0. The fraction of sp³-hybridized carbons (Fsp3) is 0.0769. The summed E-state index contributed by atoms with van der Waals surface area (Å²) in [7, 11) is 0. The van der Waals surface area contributed by atoms with Crippen molar-refractivity contribution in [3.63, 3.8) is 0 Å². The molecule has 0 bridgehead atoms. The van der Waals surface area contributed by atoms with Crippen LogP contribution in [0.3, 0.4) is 0 Å². The van der Waals surface area contributed by atoms with Gasteiger partial charge in [-0.1, -0.05) is 80.4 Å². The van der Waals surface area contributed by atoms with E-state index in [9.17, 15) is 0 Å². The molecule has 2 N–H and O–H groups in total. The van der Waals surface area contributed by atoms with Gasteiger partial charge < -0.3 is 9.97 Å². The summed E-state index contributed by atoms with van der Waals surface area (Å²) in [6, 6.07) is 24.7. The number of aromatic amines is 2. The Balaban J connectivity index is 1.68. The maximum absolute atomic E-state index is 5.07. The molecule has 0 amide bonds. The van der Waals surface area contributed by atoms with E-state index in [1.807, 2.05) is 36.4 Å². The number of nitrogens with one attached hydrogen (secondary N) is 2. The van der Waals surface area contributed by atoms with Crippen molar-refractivity contribution in [2.75, 3.05) is 0 Å². The van der Waals surface area contributed by atoms with Crippen LogP contribution in [0.1, 0.15) is 23.6 Å². The molecule has 0 aliphatic heterocycles. The molecule has 32 heavy (non-hydrogen) atoms. The van der Waals surface area contributed by atoms with Crippen molar-refractivity contribution >= 4 is 59.5 Å². The van der Waals surface area contributed by atoms with Gasteiger partial charge >= 0.3 is 0 Å². The topological polar surface area (TPSA) is 57.4 Å². The summed E-state index contributed by atoms with van der Waals surface area (Å²) >= 11 is 7.35. The van der Waals surface area contributed by atoms with E-state index in [1.54, 1.807) is 0 Å². The van der Waals surface area contributed by atoms with E-state index in [0.717, 1.165) is 53.8 Å². The smallest absolute Gasteiger partial charge is 0.126 e. The molecule has 2 aromatic heterocycles. The second-order valence-electron chi connectivity index (χ2n) is 7.99. The fourth-order valence-electron chi connectivity index (χ4n) is 4.54. The van der Waals surface area contributed by atoms with Crippen LogP contribution >= 0.6 is 31.9 Å². The van der Waals surface area contributed by atoms with Crippen molar-refractivity contribution in [3.8, 4) is 0 Å². The molecule has 3 aromatic carbocycles. The van der Waals surface area contributed by atoms with Crippen LogP contribution in [0, 0.1) is 0 Å². The highest BCUT2D eigenvalue weighted by atomic mass is 79.9. The summed E-state index contributed by atoms with van der Waals surface area (Å²) in [5.41, 5.74) is 5.58. The van der Waals surface area contributed by atoms with Gasteiger partial charge in [0.15, 0.2) is 0 Å². The van der Waals surface area contributed by atoms with Gasteiger partial charge in [0.05, 0.1) is 22.1 Å². The highest BCUT2D eigenvalue weighted by Gasteiger charge is 2.46. The minimum Gasteiger partial charge on any atom is -0.341 e. The SMILES string of the molecule is BrC1=CC=C(c2ccc(Br)cc2)C(c2nc3ccccc3[nH]2)(c2nc3ccccc3[nH]2)C1. The first-order chi connectivity index (χ1) is 15.6. The maximum atomic E-state index is 5.07. The quantitative estimate of drug-likeness (QED) is 0.251. The Hall–Kier alpha value is -2.96. The molecule has 0 radical (unpaired) electrons. The number of nitrogens with zero attached hydrogens (tertiary/aromatic N) is 2. The molecule has 0 unspecified atom stereocenters. The molecule has 156 valence electrons. The number of aromatic nitrogens is 4. The minimum atomic E-state index is -0.612. The summed E-state index contributed by atoms with van der Waals surface area (Å²) in [6.45, 7) is 0. The summed E-state index contributed by atoms with van der Waals surface area (Å²) in [4.78, 5) is 17.4. The standard InChI is InChI=1S/C26H18Br2N4/c27-17-11-9-16(10-12-17)19-14-13-18(28)15-26(19,24-29-20-5-1-2-6-21(20)30-24)25-31-22-7-3-4-8-23(22)32-25/h1-14H,15H2,(H,29,30)(H,31,32). The van der Waals surface area contributed by atoms with Gasteiger partial charge in [-0.05, 0) is 52.0 Å². The van der Waals surface area contributed by atoms with Gasteiger partial charge in [0.2, 0.25) is 0 Å². The number of hydrogen-bond acceptors (Lipinski definition) is 2. The van der Waals surface area contributed by atoms with E-state index in [4.69, 9.17) is 9.97 Å². The first-order valence-corrected chi connectivity index (χ1v) is 12.0. The number of fused-ring (bicyclic) bond motifs is 2. The molecule has 5 aromatic rings. The van der Waals surface area contributed by atoms with Crippen molar-refractivity contribution in [1.29, 1.82) is 0 Å². The lowest BCUT2D eigenvalue weighted by molar-refractivity contribution is 0.592. The molecule has 6 heteroatoms. The second kappa shape index (κ2) is 7.57. The van der Waals surface area contributed by atoms with Crippen LogP contribution < -0.4 is 0 Å². The molecule has 2 heterocycles. The second-order valence-corrected chi connectivity index (χ2v) is 9.92. The fourth-order valence-corrected chi connectivity index (χ4v) is 5.36. The van der Waals surface area contributed by atoms with Crippen LogP contribution in [0.2, 0.25) is 0 Å². The monoisotopic (exact) mass is 544 g/mol. The zero-order valence-electron chi connectivity index (χ0n) is 16.9. The van der Waals surface area contributed by atoms with E-state index in [1.165, 1.54) is 0 Å². The Morgan fingerprint density at radius 1 is 0.688 bits per heavy atom. The molecule has 1 aliphatic rings. The Morgan fingerprint density at radius 3 is 1.81 bits per heavy atom. The van der Waals surface area contributed by atoms with Crippen LogP contribution in [-0.4, -0.2) is 19.9 Å².